The molecular formula is C6H8N2S2. The maximum absolute atomic E-state index is 5.00. The minimum absolute atomic E-state index is 0.585. The average Bonchev–Trinajstić information content (AvgIpc) is 1.88. The number of H-pyrrole nitrogens is 2. The fourth-order valence-corrected chi connectivity index (χ4v) is 1.23. The third-order valence-electron chi connectivity index (χ3n) is 1.28. The molecule has 0 bridgehead atoms. The van der Waals surface area contributed by atoms with Gasteiger partial charge in [0.2, 0.25) is 0 Å². The second kappa shape index (κ2) is 3.07. The molecule has 0 aromatic carbocycles. The van der Waals surface area contributed by atoms with Gasteiger partial charge in [0.05, 0.1) is 0 Å². The van der Waals surface area contributed by atoms with Crippen molar-refractivity contribution in [1.29, 1.82) is 0 Å². The van der Waals surface area contributed by atoms with E-state index in [1.165, 1.54) is 0 Å². The minimum atomic E-state index is 0.585. The van der Waals surface area contributed by atoms with E-state index in [2.05, 4.69) is 16.9 Å². The summed E-state index contributed by atoms with van der Waals surface area (Å²) in [5, 5.41) is 0. The van der Waals surface area contributed by atoms with Gasteiger partial charge >= 0.3 is 0 Å². The summed E-state index contributed by atoms with van der Waals surface area (Å²) in [6, 6.07) is 0. The first-order valence-corrected chi connectivity index (χ1v) is 3.86. The van der Waals surface area contributed by atoms with Crippen molar-refractivity contribution in [2.24, 2.45) is 0 Å². The van der Waals surface area contributed by atoms with Crippen LogP contribution in [0.4, 0.5) is 0 Å². The molecule has 2 nitrogen and oxygen atoms in total. The van der Waals surface area contributed by atoms with Crippen LogP contribution in [-0.2, 0) is 6.42 Å². The Bertz CT molecular complexity index is 323. The molecule has 0 amide bonds. The first-order valence-electron chi connectivity index (χ1n) is 3.05. The van der Waals surface area contributed by atoms with Crippen LogP contribution in [0.25, 0.3) is 0 Å². The second-order valence-electron chi connectivity index (χ2n) is 1.95. The summed E-state index contributed by atoms with van der Waals surface area (Å²) in [7, 11) is 0. The Morgan fingerprint density at radius 2 is 2.20 bits per heavy atom. The summed E-state index contributed by atoms with van der Waals surface area (Å²) in [6.07, 6.45) is 2.78. The smallest absolute Gasteiger partial charge is 0.175 e. The van der Waals surface area contributed by atoms with E-state index in [9.17, 15) is 0 Å². The van der Waals surface area contributed by atoms with Crippen molar-refractivity contribution in [3.63, 3.8) is 0 Å². The van der Waals surface area contributed by atoms with Gasteiger partial charge in [-0.2, -0.15) is 0 Å². The van der Waals surface area contributed by atoms with E-state index in [4.69, 9.17) is 24.4 Å². The van der Waals surface area contributed by atoms with Crippen LogP contribution in [0.1, 0.15) is 12.5 Å². The second-order valence-corrected chi connectivity index (χ2v) is 2.77. The molecule has 0 unspecified atom stereocenters. The Hall–Kier alpha value is -0.480. The SMILES string of the molecule is CCc1c[nH]c(=S)[nH]c1=S. The predicted molar refractivity (Wildman–Crippen MR) is 46.2 cm³/mol. The number of rotatable bonds is 1. The van der Waals surface area contributed by atoms with Crippen LogP contribution in [0.2, 0.25) is 0 Å². The molecule has 1 aromatic rings. The highest BCUT2D eigenvalue weighted by Gasteiger charge is 1.89. The summed E-state index contributed by atoms with van der Waals surface area (Å²) < 4.78 is 1.33. The molecule has 1 aromatic heterocycles. The quantitative estimate of drug-likeness (QED) is 0.637. The highest BCUT2D eigenvalue weighted by molar-refractivity contribution is 7.72. The van der Waals surface area contributed by atoms with Gasteiger partial charge in [-0.15, -0.1) is 0 Å². The number of aromatic nitrogens is 2. The highest BCUT2D eigenvalue weighted by Crippen LogP contribution is 1.97. The van der Waals surface area contributed by atoms with Crippen LogP contribution in [0.15, 0.2) is 6.20 Å². The zero-order valence-corrected chi connectivity index (χ0v) is 7.23. The van der Waals surface area contributed by atoms with Gasteiger partial charge < -0.3 is 9.97 Å². The molecule has 0 aliphatic rings. The van der Waals surface area contributed by atoms with E-state index >= 15 is 0 Å². The summed E-state index contributed by atoms with van der Waals surface area (Å²) >= 11 is 9.83. The zero-order valence-electron chi connectivity index (χ0n) is 5.60. The predicted octanol–water partition coefficient (Wildman–Crippen LogP) is 2.36. The van der Waals surface area contributed by atoms with Crippen LogP contribution >= 0.6 is 24.4 Å². The lowest BCUT2D eigenvalue weighted by Crippen LogP contribution is -1.88. The van der Waals surface area contributed by atoms with Crippen LogP contribution in [-0.4, -0.2) is 9.97 Å². The number of hydrogen-bond acceptors (Lipinski definition) is 2. The van der Waals surface area contributed by atoms with Crippen molar-refractivity contribution in [3.05, 3.63) is 21.2 Å². The van der Waals surface area contributed by atoms with Crippen molar-refractivity contribution >= 4 is 24.4 Å². The van der Waals surface area contributed by atoms with Crippen molar-refractivity contribution < 1.29 is 0 Å². The standard InChI is InChI=1S/C6H8N2S2/c1-2-4-3-7-6(10)8-5(4)9/h3H,2H2,1H3,(H2,7,8,9,10). The van der Waals surface area contributed by atoms with Gasteiger partial charge in [0, 0.05) is 11.8 Å². The molecule has 0 fully saturated rings. The summed E-state index contributed by atoms with van der Waals surface area (Å²) in [4.78, 5) is 5.75. The summed E-state index contributed by atoms with van der Waals surface area (Å²) in [5.41, 5.74) is 1.10. The topological polar surface area (TPSA) is 31.6 Å². The van der Waals surface area contributed by atoms with Gasteiger partial charge in [-0.3, -0.25) is 0 Å². The van der Waals surface area contributed by atoms with Gasteiger partial charge in [0.1, 0.15) is 4.64 Å². The Morgan fingerprint density at radius 3 is 2.70 bits per heavy atom. The highest BCUT2D eigenvalue weighted by atomic mass is 32.1. The molecular weight excluding hydrogens is 164 g/mol. The monoisotopic (exact) mass is 172 g/mol. The summed E-state index contributed by atoms with van der Waals surface area (Å²) in [5.74, 6) is 0. The lowest BCUT2D eigenvalue weighted by atomic mass is 10.3. The molecule has 0 aliphatic heterocycles. The van der Waals surface area contributed by atoms with Crippen molar-refractivity contribution in [1.82, 2.24) is 9.97 Å². The molecule has 0 atom stereocenters. The van der Waals surface area contributed by atoms with Crippen LogP contribution in [0, 0.1) is 9.41 Å². The Kier molecular flexibility index (Phi) is 2.34. The van der Waals surface area contributed by atoms with E-state index in [1.807, 2.05) is 6.20 Å². The van der Waals surface area contributed by atoms with E-state index in [-0.39, 0.29) is 0 Å². The van der Waals surface area contributed by atoms with Crippen LogP contribution in [0.5, 0.6) is 0 Å². The fraction of sp³-hybridized carbons (Fsp3) is 0.333. The minimum Gasteiger partial charge on any atom is -0.339 e. The van der Waals surface area contributed by atoms with E-state index < -0.39 is 0 Å². The molecule has 1 rings (SSSR count). The maximum atomic E-state index is 5.00. The lowest BCUT2D eigenvalue weighted by molar-refractivity contribution is 1.01. The summed E-state index contributed by atoms with van der Waals surface area (Å²) in [6.45, 7) is 2.05. The molecule has 54 valence electrons. The normalized spacial score (nSPS) is 9.70. The fourth-order valence-electron chi connectivity index (χ4n) is 0.700. The van der Waals surface area contributed by atoms with Crippen molar-refractivity contribution in [2.45, 2.75) is 13.3 Å². The van der Waals surface area contributed by atoms with Crippen LogP contribution < -0.4 is 0 Å². The first kappa shape index (κ1) is 7.63. The number of hydrogen-bond donors (Lipinski definition) is 2. The average molecular weight is 172 g/mol. The van der Waals surface area contributed by atoms with E-state index in [0.29, 0.717) is 4.77 Å². The molecule has 0 saturated carbocycles. The third-order valence-corrected chi connectivity index (χ3v) is 1.86. The van der Waals surface area contributed by atoms with Crippen molar-refractivity contribution in [3.8, 4) is 0 Å². The van der Waals surface area contributed by atoms with Crippen molar-refractivity contribution in [2.75, 3.05) is 0 Å². The Balaban J connectivity index is 3.34. The molecule has 1 heterocycles. The molecule has 2 N–H and O–H groups in total. The maximum Gasteiger partial charge on any atom is 0.175 e. The van der Waals surface area contributed by atoms with Gasteiger partial charge in [0.15, 0.2) is 4.77 Å². The molecule has 0 spiro atoms. The van der Waals surface area contributed by atoms with Gasteiger partial charge in [-0.05, 0) is 18.6 Å². The molecule has 4 heteroatoms. The zero-order chi connectivity index (χ0) is 7.56. The molecule has 0 aliphatic carbocycles. The van der Waals surface area contributed by atoms with Crippen LogP contribution in [0.3, 0.4) is 0 Å². The van der Waals surface area contributed by atoms with E-state index in [0.717, 1.165) is 16.6 Å². The molecule has 0 radical (unpaired) electrons. The molecule has 0 saturated heterocycles. The van der Waals surface area contributed by atoms with Gasteiger partial charge in [-0.1, -0.05) is 19.1 Å². The first-order chi connectivity index (χ1) is 4.74. The molecule has 10 heavy (non-hydrogen) atoms. The Labute approximate surface area is 69.3 Å². The van der Waals surface area contributed by atoms with E-state index in [1.54, 1.807) is 0 Å². The number of aromatic amines is 2. The number of nitrogens with one attached hydrogen (secondary N) is 2. The lowest BCUT2D eigenvalue weighted by Gasteiger charge is -1.93. The largest absolute Gasteiger partial charge is 0.339 e. The van der Waals surface area contributed by atoms with Gasteiger partial charge in [0.25, 0.3) is 0 Å². The number of aryl methyl sites for hydroxylation is 1. The Morgan fingerprint density at radius 1 is 1.50 bits per heavy atom. The van der Waals surface area contributed by atoms with Gasteiger partial charge in [-0.25, -0.2) is 0 Å². The third kappa shape index (κ3) is 1.52.